The van der Waals surface area contributed by atoms with Crippen LogP contribution in [0.4, 0.5) is 0 Å². The summed E-state index contributed by atoms with van der Waals surface area (Å²) in [5.74, 6) is 1.13. The normalized spacial score (nSPS) is 18.6. The topological polar surface area (TPSA) is 57.2 Å². The van der Waals surface area contributed by atoms with Crippen molar-refractivity contribution >= 4 is 11.9 Å². The predicted molar refractivity (Wildman–Crippen MR) is 127 cm³/mol. The van der Waals surface area contributed by atoms with Gasteiger partial charge in [0.1, 0.15) is 6.10 Å². The Labute approximate surface area is 191 Å². The Morgan fingerprint density at radius 2 is 1.81 bits per heavy atom. The van der Waals surface area contributed by atoms with Crippen molar-refractivity contribution in [1.29, 1.82) is 0 Å². The molecular formula is C26H34N4O2. The molecular weight excluding hydrogens is 400 g/mol. The molecule has 0 aliphatic carbocycles. The second-order valence-electron chi connectivity index (χ2n) is 8.52. The van der Waals surface area contributed by atoms with Gasteiger partial charge < -0.3 is 19.9 Å². The van der Waals surface area contributed by atoms with Crippen LogP contribution in [-0.2, 0) is 22.6 Å². The highest BCUT2D eigenvalue weighted by molar-refractivity contribution is 5.80. The average Bonchev–Trinajstić information content (AvgIpc) is 3.26. The molecule has 0 bridgehead atoms. The van der Waals surface area contributed by atoms with Crippen molar-refractivity contribution in [1.82, 2.24) is 15.1 Å². The molecule has 0 spiro atoms. The maximum Gasteiger partial charge on any atom is 0.223 e. The van der Waals surface area contributed by atoms with Gasteiger partial charge in [0, 0.05) is 39.1 Å². The Balaban J connectivity index is 1.30. The van der Waals surface area contributed by atoms with Crippen molar-refractivity contribution in [3.8, 4) is 0 Å². The van der Waals surface area contributed by atoms with E-state index in [-0.39, 0.29) is 12.0 Å². The van der Waals surface area contributed by atoms with Gasteiger partial charge in [0.2, 0.25) is 5.91 Å². The fraction of sp³-hybridized carbons (Fsp3) is 0.462. The number of ether oxygens (including phenoxy) is 1. The molecule has 2 aromatic carbocycles. The number of aliphatic imine (C=N–C) groups is 1. The zero-order chi connectivity index (χ0) is 22.3. The first-order valence-electron chi connectivity index (χ1n) is 11.7. The number of carbonyl (C=O) groups is 1. The molecule has 170 valence electrons. The van der Waals surface area contributed by atoms with Crippen LogP contribution in [0.2, 0.25) is 0 Å². The van der Waals surface area contributed by atoms with Gasteiger partial charge in [-0.15, -0.1) is 0 Å². The third-order valence-electron chi connectivity index (χ3n) is 6.24. The summed E-state index contributed by atoms with van der Waals surface area (Å²) in [6.07, 6.45) is 1.34. The summed E-state index contributed by atoms with van der Waals surface area (Å²) in [5.41, 5.74) is 5.03. The molecule has 2 aliphatic rings. The van der Waals surface area contributed by atoms with E-state index >= 15 is 0 Å². The molecule has 32 heavy (non-hydrogen) atoms. The first-order valence-corrected chi connectivity index (χ1v) is 11.7. The predicted octanol–water partition coefficient (Wildman–Crippen LogP) is 3.66. The number of fused-ring (bicyclic) bond motifs is 1. The lowest BCUT2D eigenvalue weighted by Gasteiger charge is -2.35. The number of nitrogens with one attached hydrogen (secondary N) is 1. The van der Waals surface area contributed by atoms with Gasteiger partial charge in [0.15, 0.2) is 5.96 Å². The standard InChI is InChI=1S/C26H34N4O2/c1-3-27-26(29-15-16-32-24(19-29)23-12-7-4-9-20(23)2)28-14-8-13-25(31)30-17-21-10-5-6-11-22(21)18-30/h4-7,9-12,24H,3,8,13-19H2,1-2H3,(H,27,28). The largest absolute Gasteiger partial charge is 0.370 e. The van der Waals surface area contributed by atoms with E-state index in [1.54, 1.807) is 0 Å². The Hall–Kier alpha value is -2.86. The number of morpholine rings is 1. The Morgan fingerprint density at radius 3 is 2.53 bits per heavy atom. The Kier molecular flexibility index (Phi) is 7.43. The SMILES string of the molecule is CCNC(=NCCCC(=O)N1Cc2ccccc2C1)N1CCOC(c2ccccc2C)C1. The molecule has 0 aromatic heterocycles. The summed E-state index contributed by atoms with van der Waals surface area (Å²) in [6, 6.07) is 16.7. The molecule has 2 heterocycles. The second-order valence-corrected chi connectivity index (χ2v) is 8.52. The molecule has 2 aliphatic heterocycles. The van der Waals surface area contributed by atoms with Crippen LogP contribution >= 0.6 is 0 Å². The number of aryl methyl sites for hydroxylation is 1. The van der Waals surface area contributed by atoms with Gasteiger partial charge in [0.25, 0.3) is 0 Å². The zero-order valence-corrected chi connectivity index (χ0v) is 19.2. The minimum absolute atomic E-state index is 0.0483. The lowest BCUT2D eigenvalue weighted by atomic mass is 10.0. The molecule has 1 N–H and O–H groups in total. The maximum absolute atomic E-state index is 12.7. The third kappa shape index (κ3) is 5.30. The van der Waals surface area contributed by atoms with Crippen LogP contribution in [0.25, 0.3) is 0 Å². The van der Waals surface area contributed by atoms with E-state index in [2.05, 4.69) is 60.5 Å². The lowest BCUT2D eigenvalue weighted by molar-refractivity contribution is -0.131. The van der Waals surface area contributed by atoms with Crippen LogP contribution in [-0.4, -0.2) is 54.5 Å². The van der Waals surface area contributed by atoms with E-state index in [1.807, 2.05) is 17.0 Å². The van der Waals surface area contributed by atoms with Crippen molar-refractivity contribution in [2.75, 3.05) is 32.8 Å². The summed E-state index contributed by atoms with van der Waals surface area (Å²) in [7, 11) is 0. The molecule has 1 amide bonds. The van der Waals surface area contributed by atoms with Crippen molar-refractivity contribution in [2.45, 2.75) is 45.9 Å². The highest BCUT2D eigenvalue weighted by atomic mass is 16.5. The van der Waals surface area contributed by atoms with Crippen molar-refractivity contribution in [2.24, 2.45) is 4.99 Å². The summed E-state index contributed by atoms with van der Waals surface area (Å²) in [6.45, 7) is 9.41. The van der Waals surface area contributed by atoms with Gasteiger partial charge in [-0.1, -0.05) is 48.5 Å². The molecule has 1 saturated heterocycles. The van der Waals surface area contributed by atoms with Crippen LogP contribution in [0.1, 0.15) is 48.1 Å². The van der Waals surface area contributed by atoms with E-state index in [0.717, 1.165) is 45.1 Å². The van der Waals surface area contributed by atoms with Crippen LogP contribution in [0.3, 0.4) is 0 Å². The van der Waals surface area contributed by atoms with Gasteiger partial charge in [-0.05, 0) is 42.5 Å². The van der Waals surface area contributed by atoms with Crippen LogP contribution < -0.4 is 5.32 Å². The van der Waals surface area contributed by atoms with Crippen LogP contribution in [0.15, 0.2) is 53.5 Å². The molecule has 1 unspecified atom stereocenters. The zero-order valence-electron chi connectivity index (χ0n) is 19.2. The Bertz CT molecular complexity index is 933. The van der Waals surface area contributed by atoms with Crippen LogP contribution in [0.5, 0.6) is 0 Å². The first kappa shape index (κ1) is 22.3. The monoisotopic (exact) mass is 434 g/mol. The third-order valence-corrected chi connectivity index (χ3v) is 6.24. The van der Waals surface area contributed by atoms with Gasteiger partial charge in [0.05, 0.1) is 13.2 Å². The smallest absolute Gasteiger partial charge is 0.223 e. The lowest BCUT2D eigenvalue weighted by Crippen LogP contribution is -2.48. The fourth-order valence-electron chi connectivity index (χ4n) is 4.49. The summed E-state index contributed by atoms with van der Waals surface area (Å²) in [4.78, 5) is 21.7. The van der Waals surface area contributed by atoms with Crippen molar-refractivity contribution < 1.29 is 9.53 Å². The molecule has 6 heteroatoms. The van der Waals surface area contributed by atoms with E-state index in [9.17, 15) is 4.79 Å². The molecule has 0 saturated carbocycles. The highest BCUT2D eigenvalue weighted by Crippen LogP contribution is 2.25. The maximum atomic E-state index is 12.7. The molecule has 0 radical (unpaired) electrons. The number of rotatable bonds is 6. The number of hydrogen-bond donors (Lipinski definition) is 1. The first-order chi connectivity index (χ1) is 15.7. The summed E-state index contributed by atoms with van der Waals surface area (Å²) >= 11 is 0. The average molecular weight is 435 g/mol. The highest BCUT2D eigenvalue weighted by Gasteiger charge is 2.25. The molecule has 4 rings (SSSR count). The van der Waals surface area contributed by atoms with E-state index < -0.39 is 0 Å². The van der Waals surface area contributed by atoms with E-state index in [1.165, 1.54) is 22.3 Å². The Morgan fingerprint density at radius 1 is 1.09 bits per heavy atom. The van der Waals surface area contributed by atoms with Gasteiger partial charge in [-0.25, -0.2) is 0 Å². The molecule has 6 nitrogen and oxygen atoms in total. The van der Waals surface area contributed by atoms with Gasteiger partial charge >= 0.3 is 0 Å². The van der Waals surface area contributed by atoms with Crippen LogP contribution in [0, 0.1) is 6.92 Å². The van der Waals surface area contributed by atoms with E-state index in [0.29, 0.717) is 19.6 Å². The van der Waals surface area contributed by atoms with Gasteiger partial charge in [-0.2, -0.15) is 0 Å². The fourth-order valence-corrected chi connectivity index (χ4v) is 4.49. The van der Waals surface area contributed by atoms with Gasteiger partial charge in [-0.3, -0.25) is 9.79 Å². The summed E-state index contributed by atoms with van der Waals surface area (Å²) in [5, 5.41) is 3.42. The number of benzene rings is 2. The number of guanidine groups is 1. The van der Waals surface area contributed by atoms with E-state index in [4.69, 9.17) is 9.73 Å². The summed E-state index contributed by atoms with van der Waals surface area (Å²) < 4.78 is 6.07. The molecule has 1 fully saturated rings. The number of carbonyl (C=O) groups excluding carboxylic acids is 1. The minimum Gasteiger partial charge on any atom is -0.370 e. The number of hydrogen-bond acceptors (Lipinski definition) is 3. The quantitative estimate of drug-likeness (QED) is 0.428. The second kappa shape index (κ2) is 10.6. The molecule has 2 aromatic rings. The number of nitrogens with zero attached hydrogens (tertiary/aromatic N) is 3. The van der Waals surface area contributed by atoms with Crippen molar-refractivity contribution in [3.05, 3.63) is 70.8 Å². The van der Waals surface area contributed by atoms with Crippen molar-refractivity contribution in [3.63, 3.8) is 0 Å². The number of amides is 1. The minimum atomic E-state index is 0.0483. The molecule has 1 atom stereocenters.